The number of rotatable bonds is 3. The van der Waals surface area contributed by atoms with E-state index in [1.165, 1.54) is 13.4 Å². The van der Waals surface area contributed by atoms with Crippen LogP contribution in [0.1, 0.15) is 29.6 Å². The monoisotopic (exact) mass is 315 g/mol. The van der Waals surface area contributed by atoms with Crippen molar-refractivity contribution < 1.29 is 18.7 Å². The molecule has 5 nitrogen and oxygen atoms in total. The van der Waals surface area contributed by atoms with Gasteiger partial charge in [0.15, 0.2) is 4.67 Å². The molecule has 0 bridgehead atoms. The van der Waals surface area contributed by atoms with Crippen LogP contribution >= 0.6 is 15.9 Å². The maximum atomic E-state index is 12.0. The van der Waals surface area contributed by atoms with Crippen molar-refractivity contribution in [3.05, 3.63) is 22.6 Å². The molecule has 0 unspecified atom stereocenters. The summed E-state index contributed by atoms with van der Waals surface area (Å²) >= 11 is 3.15. The molecular weight excluding hydrogens is 302 g/mol. The minimum absolute atomic E-state index is 0.160. The first-order valence-electron chi connectivity index (χ1n) is 5.75. The Morgan fingerprint density at radius 3 is 2.89 bits per heavy atom. The number of esters is 1. The highest BCUT2D eigenvalue weighted by molar-refractivity contribution is 9.10. The topological polar surface area (TPSA) is 68.5 Å². The lowest BCUT2D eigenvalue weighted by Crippen LogP contribution is -2.40. The second kappa shape index (κ2) is 5.56. The summed E-state index contributed by atoms with van der Waals surface area (Å²) in [5, 5.41) is 2.86. The van der Waals surface area contributed by atoms with E-state index in [9.17, 15) is 9.59 Å². The van der Waals surface area contributed by atoms with Gasteiger partial charge in [-0.15, -0.1) is 0 Å². The number of halogens is 1. The Labute approximate surface area is 113 Å². The average Bonchev–Trinajstić information content (AvgIpc) is 2.97. The minimum atomic E-state index is -0.260. The zero-order valence-corrected chi connectivity index (χ0v) is 11.5. The van der Waals surface area contributed by atoms with Gasteiger partial charge in [-0.25, -0.2) is 0 Å². The molecule has 1 aliphatic rings. The molecule has 1 aromatic rings. The third-order valence-corrected chi connectivity index (χ3v) is 3.81. The molecule has 18 heavy (non-hydrogen) atoms. The van der Waals surface area contributed by atoms with Crippen LogP contribution in [0.2, 0.25) is 0 Å². The molecule has 6 heteroatoms. The third kappa shape index (κ3) is 2.58. The SMILES string of the molecule is COC(=O)[C@@H]1CCC[C@@H]1NC(=O)c1ccoc1Br. The smallest absolute Gasteiger partial charge is 0.310 e. The fourth-order valence-corrected chi connectivity index (χ4v) is 2.69. The van der Waals surface area contributed by atoms with E-state index < -0.39 is 0 Å². The molecule has 1 amide bonds. The van der Waals surface area contributed by atoms with Crippen LogP contribution in [-0.4, -0.2) is 25.0 Å². The van der Waals surface area contributed by atoms with E-state index in [1.54, 1.807) is 6.07 Å². The van der Waals surface area contributed by atoms with Crippen LogP contribution < -0.4 is 5.32 Å². The summed E-state index contributed by atoms with van der Waals surface area (Å²) in [6.45, 7) is 0. The van der Waals surface area contributed by atoms with Crippen molar-refractivity contribution >= 4 is 27.8 Å². The zero-order valence-electron chi connectivity index (χ0n) is 9.94. The van der Waals surface area contributed by atoms with Crippen molar-refractivity contribution in [2.75, 3.05) is 7.11 Å². The predicted molar refractivity (Wildman–Crippen MR) is 67.0 cm³/mol. The van der Waals surface area contributed by atoms with Crippen molar-refractivity contribution in [2.24, 2.45) is 5.92 Å². The average molecular weight is 316 g/mol. The van der Waals surface area contributed by atoms with Gasteiger partial charge in [0.1, 0.15) is 0 Å². The van der Waals surface area contributed by atoms with Gasteiger partial charge in [0.05, 0.1) is 24.9 Å². The Kier molecular flexibility index (Phi) is 4.06. The lowest BCUT2D eigenvalue weighted by atomic mass is 10.0. The molecule has 1 fully saturated rings. The highest BCUT2D eigenvalue weighted by Crippen LogP contribution is 2.27. The van der Waals surface area contributed by atoms with Crippen LogP contribution in [0, 0.1) is 5.92 Å². The third-order valence-electron chi connectivity index (χ3n) is 3.20. The molecule has 1 aliphatic carbocycles. The van der Waals surface area contributed by atoms with E-state index in [2.05, 4.69) is 21.2 Å². The number of amides is 1. The van der Waals surface area contributed by atoms with Gasteiger partial charge in [-0.05, 0) is 34.8 Å². The van der Waals surface area contributed by atoms with Gasteiger partial charge in [-0.3, -0.25) is 9.59 Å². The van der Waals surface area contributed by atoms with E-state index in [0.29, 0.717) is 10.2 Å². The lowest BCUT2D eigenvalue weighted by molar-refractivity contribution is -0.145. The summed E-state index contributed by atoms with van der Waals surface area (Å²) in [6, 6.07) is 1.42. The van der Waals surface area contributed by atoms with Gasteiger partial charge in [-0.2, -0.15) is 0 Å². The molecule has 0 aromatic carbocycles. The van der Waals surface area contributed by atoms with Gasteiger partial charge >= 0.3 is 5.97 Å². The summed E-state index contributed by atoms with van der Waals surface area (Å²) in [5.41, 5.74) is 0.436. The highest BCUT2D eigenvalue weighted by Gasteiger charge is 2.35. The van der Waals surface area contributed by atoms with Crippen LogP contribution in [-0.2, 0) is 9.53 Å². The van der Waals surface area contributed by atoms with E-state index in [-0.39, 0.29) is 23.8 Å². The predicted octanol–water partition coefficient (Wildman–Crippen LogP) is 2.11. The van der Waals surface area contributed by atoms with E-state index in [0.717, 1.165) is 19.3 Å². The van der Waals surface area contributed by atoms with Gasteiger partial charge in [0.25, 0.3) is 5.91 Å². The first kappa shape index (κ1) is 13.1. The number of hydrogen-bond donors (Lipinski definition) is 1. The van der Waals surface area contributed by atoms with Gasteiger partial charge in [0, 0.05) is 6.04 Å². The number of carbonyl (C=O) groups is 2. The normalized spacial score (nSPS) is 22.8. The fraction of sp³-hybridized carbons (Fsp3) is 0.500. The minimum Gasteiger partial charge on any atom is -0.469 e. The Balaban J connectivity index is 2.03. The molecule has 0 aliphatic heterocycles. The first-order chi connectivity index (χ1) is 8.63. The van der Waals surface area contributed by atoms with Crippen molar-refractivity contribution in [1.29, 1.82) is 0 Å². The second-order valence-corrected chi connectivity index (χ2v) is 4.97. The second-order valence-electron chi connectivity index (χ2n) is 4.25. The van der Waals surface area contributed by atoms with Crippen molar-refractivity contribution in [3.8, 4) is 0 Å². The Bertz CT molecular complexity index is 457. The summed E-state index contributed by atoms with van der Waals surface area (Å²) < 4.78 is 10.1. The maximum Gasteiger partial charge on any atom is 0.310 e. The largest absolute Gasteiger partial charge is 0.469 e. The molecule has 2 atom stereocenters. The summed E-state index contributed by atoms with van der Waals surface area (Å²) in [7, 11) is 1.37. The van der Waals surface area contributed by atoms with Crippen molar-refractivity contribution in [1.82, 2.24) is 5.32 Å². The Morgan fingerprint density at radius 2 is 2.28 bits per heavy atom. The molecule has 0 spiro atoms. The standard InChI is InChI=1S/C12H14BrNO4/c1-17-12(16)7-3-2-4-9(7)14-11(15)8-5-6-18-10(8)13/h5-7,9H,2-4H2,1H3,(H,14,15)/t7-,9+/m1/s1. The number of hydrogen-bond acceptors (Lipinski definition) is 4. The van der Waals surface area contributed by atoms with Crippen LogP contribution in [0.4, 0.5) is 0 Å². The Hall–Kier alpha value is -1.30. The number of nitrogens with one attached hydrogen (secondary N) is 1. The molecular formula is C12H14BrNO4. The maximum absolute atomic E-state index is 12.0. The van der Waals surface area contributed by atoms with E-state index >= 15 is 0 Å². The molecule has 2 rings (SSSR count). The van der Waals surface area contributed by atoms with Crippen LogP contribution in [0.5, 0.6) is 0 Å². The van der Waals surface area contributed by atoms with E-state index in [1.807, 2.05) is 0 Å². The lowest BCUT2D eigenvalue weighted by Gasteiger charge is -2.18. The molecule has 1 N–H and O–H groups in total. The quantitative estimate of drug-likeness (QED) is 0.867. The van der Waals surface area contributed by atoms with Crippen molar-refractivity contribution in [2.45, 2.75) is 25.3 Å². The Morgan fingerprint density at radius 1 is 1.50 bits per heavy atom. The van der Waals surface area contributed by atoms with Gasteiger partial charge in [0.2, 0.25) is 0 Å². The molecule has 0 saturated heterocycles. The molecule has 1 aromatic heterocycles. The van der Waals surface area contributed by atoms with Crippen LogP contribution in [0.15, 0.2) is 21.4 Å². The summed E-state index contributed by atoms with van der Waals surface area (Å²) in [6.07, 6.45) is 3.90. The van der Waals surface area contributed by atoms with Crippen LogP contribution in [0.3, 0.4) is 0 Å². The molecule has 1 saturated carbocycles. The van der Waals surface area contributed by atoms with E-state index in [4.69, 9.17) is 9.15 Å². The number of ether oxygens (including phenoxy) is 1. The summed E-state index contributed by atoms with van der Waals surface area (Å²) in [4.78, 5) is 23.5. The molecule has 98 valence electrons. The molecule has 0 radical (unpaired) electrons. The molecule has 1 heterocycles. The van der Waals surface area contributed by atoms with Crippen LogP contribution in [0.25, 0.3) is 0 Å². The van der Waals surface area contributed by atoms with Gasteiger partial charge in [-0.1, -0.05) is 6.42 Å². The summed E-state index contributed by atoms with van der Waals surface area (Å²) in [5.74, 6) is -0.745. The van der Waals surface area contributed by atoms with Crippen molar-refractivity contribution in [3.63, 3.8) is 0 Å². The van der Waals surface area contributed by atoms with Gasteiger partial charge < -0.3 is 14.5 Å². The zero-order chi connectivity index (χ0) is 13.1. The first-order valence-corrected chi connectivity index (χ1v) is 6.54. The number of carbonyl (C=O) groups excluding carboxylic acids is 2. The number of furan rings is 1. The number of methoxy groups -OCH3 is 1. The fourth-order valence-electron chi connectivity index (χ4n) is 2.27. The highest BCUT2D eigenvalue weighted by atomic mass is 79.9.